The lowest BCUT2D eigenvalue weighted by molar-refractivity contribution is 0.277. The zero-order chi connectivity index (χ0) is 12.2. The summed E-state index contributed by atoms with van der Waals surface area (Å²) < 4.78 is 25.8. The minimum absolute atomic E-state index is 0.0979. The van der Waals surface area contributed by atoms with Gasteiger partial charge in [0.1, 0.15) is 0 Å². The summed E-state index contributed by atoms with van der Waals surface area (Å²) in [5.41, 5.74) is 1.01. The van der Waals surface area contributed by atoms with Crippen LogP contribution in [0.1, 0.15) is 25.8 Å². The van der Waals surface area contributed by atoms with E-state index in [0.29, 0.717) is 6.42 Å². The summed E-state index contributed by atoms with van der Waals surface area (Å²) in [4.78, 5) is 0. The van der Waals surface area contributed by atoms with Crippen molar-refractivity contribution in [2.45, 2.75) is 25.7 Å². The monoisotopic (exact) mass is 243 g/mol. The highest BCUT2D eigenvalue weighted by Gasteiger charge is 2.20. The fourth-order valence-electron chi connectivity index (χ4n) is 1.45. The van der Waals surface area contributed by atoms with Gasteiger partial charge >= 0.3 is 10.3 Å². The first-order valence-corrected chi connectivity index (χ1v) is 6.51. The van der Waals surface area contributed by atoms with Crippen LogP contribution in [0.25, 0.3) is 0 Å². The molecule has 16 heavy (non-hydrogen) atoms. The lowest BCUT2D eigenvalue weighted by Crippen LogP contribution is -2.23. The average molecular weight is 243 g/mol. The number of benzene rings is 1. The van der Waals surface area contributed by atoms with Crippen LogP contribution in [0.2, 0.25) is 0 Å². The van der Waals surface area contributed by atoms with Crippen molar-refractivity contribution in [2.24, 2.45) is 5.14 Å². The molecule has 0 aliphatic heterocycles. The SMILES string of the molecule is CC(C)(CCOS(N)(=O)=O)c1ccccc1. The third kappa shape index (κ3) is 4.30. The zero-order valence-electron chi connectivity index (χ0n) is 9.51. The minimum atomic E-state index is -3.83. The molecule has 0 atom stereocenters. The number of rotatable bonds is 5. The van der Waals surface area contributed by atoms with E-state index in [1.54, 1.807) is 0 Å². The van der Waals surface area contributed by atoms with Crippen molar-refractivity contribution < 1.29 is 12.6 Å². The number of nitrogens with two attached hydrogens (primary N) is 1. The van der Waals surface area contributed by atoms with E-state index in [0.717, 1.165) is 5.56 Å². The summed E-state index contributed by atoms with van der Waals surface area (Å²) in [5, 5.41) is 4.75. The van der Waals surface area contributed by atoms with E-state index in [1.165, 1.54) is 0 Å². The first-order chi connectivity index (χ1) is 7.31. The Morgan fingerprint density at radius 2 is 1.81 bits per heavy atom. The molecular weight excluding hydrogens is 226 g/mol. The number of hydrogen-bond acceptors (Lipinski definition) is 3. The molecule has 0 aromatic heterocycles. The van der Waals surface area contributed by atoms with Gasteiger partial charge in [0.15, 0.2) is 0 Å². The van der Waals surface area contributed by atoms with Gasteiger partial charge in [-0.3, -0.25) is 4.18 Å². The minimum Gasteiger partial charge on any atom is -0.258 e. The van der Waals surface area contributed by atoms with Crippen LogP contribution in [0.15, 0.2) is 30.3 Å². The standard InChI is InChI=1S/C11H17NO3S/c1-11(2,8-9-15-16(12,13)14)10-6-4-3-5-7-10/h3-7H,8-9H2,1-2H3,(H2,12,13,14). The molecule has 2 N–H and O–H groups in total. The van der Waals surface area contributed by atoms with Crippen LogP contribution in [0.3, 0.4) is 0 Å². The van der Waals surface area contributed by atoms with Gasteiger partial charge in [0.2, 0.25) is 0 Å². The van der Waals surface area contributed by atoms with Gasteiger partial charge in [-0.2, -0.15) is 8.42 Å². The van der Waals surface area contributed by atoms with Gasteiger partial charge in [-0.1, -0.05) is 44.2 Å². The lowest BCUT2D eigenvalue weighted by atomic mass is 9.82. The molecular formula is C11H17NO3S. The molecule has 0 bridgehead atoms. The Hall–Kier alpha value is -0.910. The molecule has 1 aromatic rings. The van der Waals surface area contributed by atoms with E-state index in [1.807, 2.05) is 44.2 Å². The molecule has 0 unspecified atom stereocenters. The fourth-order valence-corrected chi connectivity index (χ4v) is 1.76. The Kier molecular flexibility index (Phi) is 4.07. The van der Waals surface area contributed by atoms with Crippen LogP contribution < -0.4 is 5.14 Å². The molecule has 1 aromatic carbocycles. The van der Waals surface area contributed by atoms with E-state index in [4.69, 9.17) is 5.14 Å². The Bertz CT molecular complexity index is 426. The van der Waals surface area contributed by atoms with Crippen LogP contribution in [-0.4, -0.2) is 15.0 Å². The van der Waals surface area contributed by atoms with Crippen molar-refractivity contribution >= 4 is 10.3 Å². The van der Waals surface area contributed by atoms with Crippen molar-refractivity contribution in [3.63, 3.8) is 0 Å². The van der Waals surface area contributed by atoms with Crippen molar-refractivity contribution in [3.05, 3.63) is 35.9 Å². The highest BCUT2D eigenvalue weighted by atomic mass is 32.2. The van der Waals surface area contributed by atoms with E-state index < -0.39 is 10.3 Å². The fraction of sp³-hybridized carbons (Fsp3) is 0.455. The zero-order valence-corrected chi connectivity index (χ0v) is 10.3. The normalized spacial score (nSPS) is 12.7. The molecule has 5 heteroatoms. The quantitative estimate of drug-likeness (QED) is 0.853. The molecule has 0 spiro atoms. The van der Waals surface area contributed by atoms with Crippen LogP contribution in [-0.2, 0) is 19.9 Å². The molecule has 0 aliphatic rings. The van der Waals surface area contributed by atoms with Crippen molar-refractivity contribution in [1.29, 1.82) is 0 Å². The first-order valence-electron chi connectivity index (χ1n) is 5.04. The van der Waals surface area contributed by atoms with Gasteiger partial charge < -0.3 is 0 Å². The third-order valence-corrected chi connectivity index (χ3v) is 3.03. The van der Waals surface area contributed by atoms with Gasteiger partial charge in [-0.05, 0) is 17.4 Å². The van der Waals surface area contributed by atoms with Crippen molar-refractivity contribution in [1.82, 2.24) is 0 Å². The van der Waals surface area contributed by atoms with E-state index in [2.05, 4.69) is 4.18 Å². The Morgan fingerprint density at radius 1 is 1.25 bits per heavy atom. The lowest BCUT2D eigenvalue weighted by Gasteiger charge is -2.24. The molecule has 0 amide bonds. The maximum atomic E-state index is 10.6. The maximum Gasteiger partial charge on any atom is 0.333 e. The molecule has 0 saturated carbocycles. The highest BCUT2D eigenvalue weighted by molar-refractivity contribution is 7.84. The third-order valence-electron chi connectivity index (χ3n) is 2.53. The molecule has 90 valence electrons. The summed E-state index contributed by atoms with van der Waals surface area (Å²) in [6.45, 7) is 4.17. The van der Waals surface area contributed by atoms with E-state index >= 15 is 0 Å². The molecule has 0 heterocycles. The van der Waals surface area contributed by atoms with Crippen LogP contribution in [0.4, 0.5) is 0 Å². The second-order valence-corrected chi connectivity index (χ2v) is 5.54. The molecule has 0 saturated heterocycles. The molecule has 0 radical (unpaired) electrons. The smallest absolute Gasteiger partial charge is 0.258 e. The van der Waals surface area contributed by atoms with Gasteiger partial charge in [-0.15, -0.1) is 0 Å². The summed E-state index contributed by atoms with van der Waals surface area (Å²) in [5.74, 6) is 0. The summed E-state index contributed by atoms with van der Waals surface area (Å²) in [7, 11) is -3.83. The van der Waals surface area contributed by atoms with Gasteiger partial charge in [-0.25, -0.2) is 5.14 Å². The first kappa shape index (κ1) is 13.2. The van der Waals surface area contributed by atoms with Crippen molar-refractivity contribution in [2.75, 3.05) is 6.61 Å². The molecule has 0 fully saturated rings. The predicted molar refractivity (Wildman–Crippen MR) is 63.1 cm³/mol. The average Bonchev–Trinajstić information content (AvgIpc) is 2.17. The second-order valence-electron chi connectivity index (χ2n) is 4.31. The van der Waals surface area contributed by atoms with Gasteiger partial charge in [0.25, 0.3) is 0 Å². The molecule has 0 aliphatic carbocycles. The molecule has 4 nitrogen and oxygen atoms in total. The largest absolute Gasteiger partial charge is 0.333 e. The summed E-state index contributed by atoms with van der Waals surface area (Å²) >= 11 is 0. The van der Waals surface area contributed by atoms with Crippen LogP contribution >= 0.6 is 0 Å². The van der Waals surface area contributed by atoms with Crippen LogP contribution in [0, 0.1) is 0 Å². The summed E-state index contributed by atoms with van der Waals surface area (Å²) in [6.07, 6.45) is 0.591. The number of hydrogen-bond donors (Lipinski definition) is 1. The second kappa shape index (κ2) is 4.95. The van der Waals surface area contributed by atoms with Crippen molar-refractivity contribution in [3.8, 4) is 0 Å². The van der Waals surface area contributed by atoms with E-state index in [9.17, 15) is 8.42 Å². The van der Waals surface area contributed by atoms with Gasteiger partial charge in [0.05, 0.1) is 6.61 Å². The van der Waals surface area contributed by atoms with Gasteiger partial charge in [0, 0.05) is 0 Å². The highest BCUT2D eigenvalue weighted by Crippen LogP contribution is 2.26. The predicted octanol–water partition coefficient (Wildman–Crippen LogP) is 1.57. The Labute approximate surface area is 96.7 Å². The van der Waals surface area contributed by atoms with E-state index in [-0.39, 0.29) is 12.0 Å². The Morgan fingerprint density at radius 3 is 2.31 bits per heavy atom. The molecule has 1 rings (SSSR count). The van der Waals surface area contributed by atoms with Crippen LogP contribution in [0.5, 0.6) is 0 Å². The Balaban J connectivity index is 2.59. The summed E-state index contributed by atoms with van der Waals surface area (Å²) in [6, 6.07) is 9.88. The maximum absolute atomic E-state index is 10.6. The topological polar surface area (TPSA) is 69.4 Å².